The Kier molecular flexibility index (Phi) is 5.08. The minimum absolute atomic E-state index is 0.126. The average molecular weight is 382 g/mol. The SMILES string of the molecule is Cc1ccc(-c2cc(C(=O)NCCc3cc(F)cc4c3OCOC4)on2)cc1. The lowest BCUT2D eigenvalue weighted by Gasteiger charge is -2.20. The van der Waals surface area contributed by atoms with Gasteiger partial charge in [0.15, 0.2) is 6.79 Å². The van der Waals surface area contributed by atoms with Crippen molar-refractivity contribution in [1.82, 2.24) is 10.5 Å². The molecule has 0 aliphatic carbocycles. The summed E-state index contributed by atoms with van der Waals surface area (Å²) in [7, 11) is 0. The number of amides is 1. The molecule has 1 aromatic heterocycles. The van der Waals surface area contributed by atoms with Gasteiger partial charge in [-0.25, -0.2) is 4.39 Å². The number of hydrogen-bond acceptors (Lipinski definition) is 5. The standard InChI is InChI=1S/C21H19FN2O4/c1-13-2-4-14(5-3-13)18-10-19(28-24-18)21(25)23-7-6-15-8-17(22)9-16-11-26-12-27-20(15)16/h2-5,8-10H,6-7,11-12H2,1H3,(H,23,25). The highest BCUT2D eigenvalue weighted by molar-refractivity contribution is 5.92. The summed E-state index contributed by atoms with van der Waals surface area (Å²) in [5, 5.41) is 6.72. The van der Waals surface area contributed by atoms with E-state index < -0.39 is 0 Å². The Labute approximate surface area is 161 Å². The first-order valence-corrected chi connectivity index (χ1v) is 8.94. The number of hydrogen-bond donors (Lipinski definition) is 1. The lowest BCUT2D eigenvalue weighted by molar-refractivity contribution is -0.0172. The number of aromatic nitrogens is 1. The van der Waals surface area contributed by atoms with Gasteiger partial charge in [-0.05, 0) is 31.0 Å². The third kappa shape index (κ3) is 3.89. The first kappa shape index (κ1) is 18.2. The molecule has 1 aliphatic heterocycles. The largest absolute Gasteiger partial charge is 0.467 e. The number of benzene rings is 2. The highest BCUT2D eigenvalue weighted by Gasteiger charge is 2.18. The molecule has 1 N–H and O–H groups in total. The van der Waals surface area contributed by atoms with Gasteiger partial charge < -0.3 is 19.3 Å². The van der Waals surface area contributed by atoms with Gasteiger partial charge in [-0.3, -0.25) is 4.79 Å². The minimum atomic E-state index is -0.375. The number of nitrogens with one attached hydrogen (secondary N) is 1. The van der Waals surface area contributed by atoms with Crippen LogP contribution < -0.4 is 10.1 Å². The molecule has 144 valence electrons. The molecule has 0 radical (unpaired) electrons. The number of carbonyl (C=O) groups is 1. The fourth-order valence-electron chi connectivity index (χ4n) is 3.08. The summed E-state index contributed by atoms with van der Waals surface area (Å²) in [4.78, 5) is 12.3. The molecule has 4 rings (SSSR count). The quantitative estimate of drug-likeness (QED) is 0.730. The van der Waals surface area contributed by atoms with Gasteiger partial charge in [-0.2, -0.15) is 0 Å². The summed E-state index contributed by atoms with van der Waals surface area (Å²) in [5.41, 5.74) is 3.97. The molecule has 0 saturated heterocycles. The maximum atomic E-state index is 13.8. The first-order chi connectivity index (χ1) is 13.6. The van der Waals surface area contributed by atoms with E-state index in [0.29, 0.717) is 42.1 Å². The van der Waals surface area contributed by atoms with E-state index in [4.69, 9.17) is 14.0 Å². The van der Waals surface area contributed by atoms with Crippen molar-refractivity contribution in [3.8, 4) is 17.0 Å². The van der Waals surface area contributed by atoms with Crippen molar-refractivity contribution in [1.29, 1.82) is 0 Å². The Morgan fingerprint density at radius 1 is 1.21 bits per heavy atom. The monoisotopic (exact) mass is 382 g/mol. The van der Waals surface area contributed by atoms with Crippen LogP contribution in [0.15, 0.2) is 47.0 Å². The van der Waals surface area contributed by atoms with Crippen molar-refractivity contribution in [3.63, 3.8) is 0 Å². The molecule has 0 bridgehead atoms. The van der Waals surface area contributed by atoms with Crippen LogP contribution in [0.4, 0.5) is 4.39 Å². The second kappa shape index (κ2) is 7.82. The number of aryl methyl sites for hydroxylation is 1. The molecule has 28 heavy (non-hydrogen) atoms. The number of fused-ring (bicyclic) bond motifs is 1. The molecule has 1 amide bonds. The third-order valence-electron chi connectivity index (χ3n) is 4.51. The molecular formula is C21H19FN2O4. The fraction of sp³-hybridized carbons (Fsp3) is 0.238. The van der Waals surface area contributed by atoms with E-state index in [1.165, 1.54) is 12.1 Å². The van der Waals surface area contributed by atoms with Gasteiger partial charge in [-0.1, -0.05) is 35.0 Å². The van der Waals surface area contributed by atoms with E-state index in [1.54, 1.807) is 6.07 Å². The Bertz CT molecular complexity index is 998. The van der Waals surface area contributed by atoms with Crippen molar-refractivity contribution < 1.29 is 23.2 Å². The molecule has 0 unspecified atom stereocenters. The van der Waals surface area contributed by atoms with Crippen molar-refractivity contribution in [3.05, 3.63) is 70.7 Å². The van der Waals surface area contributed by atoms with Crippen LogP contribution in [0, 0.1) is 12.7 Å². The molecule has 1 aliphatic rings. The summed E-state index contributed by atoms with van der Waals surface area (Å²) >= 11 is 0. The van der Waals surface area contributed by atoms with Crippen LogP contribution in [-0.4, -0.2) is 24.4 Å². The smallest absolute Gasteiger partial charge is 0.289 e. The fourth-order valence-corrected chi connectivity index (χ4v) is 3.08. The summed E-state index contributed by atoms with van der Waals surface area (Å²) in [6.45, 7) is 2.75. The van der Waals surface area contributed by atoms with Gasteiger partial charge in [0, 0.05) is 23.7 Å². The zero-order valence-electron chi connectivity index (χ0n) is 15.3. The zero-order valence-corrected chi connectivity index (χ0v) is 15.3. The maximum Gasteiger partial charge on any atom is 0.289 e. The molecule has 0 spiro atoms. The summed E-state index contributed by atoms with van der Waals surface area (Å²) in [6, 6.07) is 12.2. The number of carbonyl (C=O) groups excluding carboxylic acids is 1. The van der Waals surface area contributed by atoms with Crippen molar-refractivity contribution >= 4 is 5.91 Å². The Balaban J connectivity index is 1.39. The third-order valence-corrected chi connectivity index (χ3v) is 4.51. The zero-order chi connectivity index (χ0) is 19.5. The minimum Gasteiger partial charge on any atom is -0.467 e. The molecule has 2 heterocycles. The molecule has 0 saturated carbocycles. The number of nitrogens with zero attached hydrogens (tertiary/aromatic N) is 1. The maximum absolute atomic E-state index is 13.8. The van der Waals surface area contributed by atoms with Gasteiger partial charge in [0.1, 0.15) is 17.3 Å². The Morgan fingerprint density at radius 3 is 2.86 bits per heavy atom. The van der Waals surface area contributed by atoms with Gasteiger partial charge in [-0.15, -0.1) is 0 Å². The van der Waals surface area contributed by atoms with Gasteiger partial charge in [0.25, 0.3) is 5.91 Å². The van der Waals surface area contributed by atoms with Gasteiger partial charge in [0.2, 0.25) is 5.76 Å². The van der Waals surface area contributed by atoms with Crippen LogP contribution in [-0.2, 0) is 17.8 Å². The first-order valence-electron chi connectivity index (χ1n) is 8.94. The van der Waals surface area contributed by atoms with Crippen LogP contribution in [0.2, 0.25) is 0 Å². The molecule has 0 fully saturated rings. The highest BCUT2D eigenvalue weighted by Crippen LogP contribution is 2.29. The molecule has 0 atom stereocenters. The van der Waals surface area contributed by atoms with E-state index in [1.807, 2.05) is 31.2 Å². The van der Waals surface area contributed by atoms with E-state index in [-0.39, 0.29) is 24.3 Å². The molecule has 3 aromatic rings. The molecular weight excluding hydrogens is 363 g/mol. The highest BCUT2D eigenvalue weighted by atomic mass is 19.1. The second-order valence-corrected chi connectivity index (χ2v) is 6.61. The predicted octanol–water partition coefficient (Wildman–Crippen LogP) is 3.63. The van der Waals surface area contributed by atoms with Gasteiger partial charge in [0.05, 0.1) is 6.61 Å². The topological polar surface area (TPSA) is 73.6 Å². The summed E-state index contributed by atoms with van der Waals surface area (Å²) in [6.07, 6.45) is 0.421. The van der Waals surface area contributed by atoms with Crippen LogP contribution in [0.1, 0.15) is 27.2 Å². The van der Waals surface area contributed by atoms with Crippen LogP contribution in [0.25, 0.3) is 11.3 Å². The van der Waals surface area contributed by atoms with E-state index in [0.717, 1.165) is 11.1 Å². The van der Waals surface area contributed by atoms with Gasteiger partial charge >= 0.3 is 0 Å². The molecule has 6 nitrogen and oxygen atoms in total. The number of ether oxygens (including phenoxy) is 2. The second-order valence-electron chi connectivity index (χ2n) is 6.61. The van der Waals surface area contributed by atoms with E-state index in [9.17, 15) is 9.18 Å². The predicted molar refractivity (Wildman–Crippen MR) is 99.4 cm³/mol. The molecule has 7 heteroatoms. The van der Waals surface area contributed by atoms with Crippen molar-refractivity contribution in [2.24, 2.45) is 0 Å². The van der Waals surface area contributed by atoms with E-state index >= 15 is 0 Å². The average Bonchev–Trinajstić information content (AvgIpc) is 3.18. The number of rotatable bonds is 5. The molecule has 2 aromatic carbocycles. The van der Waals surface area contributed by atoms with Crippen LogP contribution >= 0.6 is 0 Å². The van der Waals surface area contributed by atoms with E-state index in [2.05, 4.69) is 10.5 Å². The van der Waals surface area contributed by atoms with Crippen molar-refractivity contribution in [2.75, 3.05) is 13.3 Å². The van der Waals surface area contributed by atoms with Crippen LogP contribution in [0.3, 0.4) is 0 Å². The number of halogens is 1. The lowest BCUT2D eigenvalue weighted by atomic mass is 10.1. The van der Waals surface area contributed by atoms with Crippen molar-refractivity contribution in [2.45, 2.75) is 20.0 Å². The normalized spacial score (nSPS) is 12.9. The van der Waals surface area contributed by atoms with Crippen LogP contribution in [0.5, 0.6) is 5.75 Å². The lowest BCUT2D eigenvalue weighted by Crippen LogP contribution is -2.25. The Hall–Kier alpha value is -3.19. The summed E-state index contributed by atoms with van der Waals surface area (Å²) < 4.78 is 29.6. The summed E-state index contributed by atoms with van der Waals surface area (Å²) in [5.74, 6) is 0.0252. The Morgan fingerprint density at radius 2 is 2.04 bits per heavy atom.